The third-order valence-electron chi connectivity index (χ3n) is 2.70. The zero-order valence-corrected chi connectivity index (χ0v) is 10.1. The zero-order chi connectivity index (χ0) is 13.2. The lowest BCUT2D eigenvalue weighted by Crippen LogP contribution is -2.09. The minimum Gasteiger partial charge on any atom is -0.166 e. The van der Waals surface area contributed by atoms with Gasteiger partial charge in [-0.3, -0.25) is 0 Å². The van der Waals surface area contributed by atoms with Crippen molar-refractivity contribution >= 4 is 11.6 Å². The Morgan fingerprint density at radius 1 is 0.889 bits per heavy atom. The van der Waals surface area contributed by atoms with Crippen molar-refractivity contribution in [1.82, 2.24) is 0 Å². The molecule has 2 aromatic rings. The Morgan fingerprint density at radius 3 is 2.11 bits per heavy atom. The lowest BCUT2D eigenvalue weighted by molar-refractivity contribution is -0.138. The van der Waals surface area contributed by atoms with Gasteiger partial charge in [-0.25, -0.2) is 0 Å². The summed E-state index contributed by atoms with van der Waals surface area (Å²) in [6, 6.07) is 13.0. The second-order valence-electron chi connectivity index (χ2n) is 3.83. The van der Waals surface area contributed by atoms with E-state index in [0.29, 0.717) is 5.56 Å². The molecule has 0 radical (unpaired) electrons. The highest BCUT2D eigenvalue weighted by atomic mass is 35.5. The van der Waals surface area contributed by atoms with Gasteiger partial charge in [0, 0.05) is 5.88 Å². The lowest BCUT2D eigenvalue weighted by atomic mass is 9.96. The van der Waals surface area contributed by atoms with Crippen molar-refractivity contribution < 1.29 is 13.2 Å². The average molecular weight is 271 g/mol. The molecule has 0 aliphatic rings. The maximum atomic E-state index is 12.9. The Morgan fingerprint density at radius 2 is 1.56 bits per heavy atom. The minimum absolute atomic E-state index is 0.123. The molecule has 0 spiro atoms. The fourth-order valence-electron chi connectivity index (χ4n) is 1.88. The second-order valence-corrected chi connectivity index (χ2v) is 4.10. The molecule has 94 valence electrons. The predicted octanol–water partition coefficient (Wildman–Crippen LogP) is 5.11. The van der Waals surface area contributed by atoms with Gasteiger partial charge >= 0.3 is 6.18 Å². The Labute approximate surface area is 108 Å². The van der Waals surface area contributed by atoms with E-state index in [-0.39, 0.29) is 11.4 Å². The second kappa shape index (κ2) is 5.02. The summed E-state index contributed by atoms with van der Waals surface area (Å²) in [5.74, 6) is -0.167. The summed E-state index contributed by atoms with van der Waals surface area (Å²) in [4.78, 5) is 0. The first-order chi connectivity index (χ1) is 8.54. The molecule has 0 aliphatic heterocycles. The van der Waals surface area contributed by atoms with Crippen molar-refractivity contribution in [3.63, 3.8) is 0 Å². The van der Waals surface area contributed by atoms with Crippen LogP contribution in [0.3, 0.4) is 0 Å². The molecule has 0 aromatic heterocycles. The molecule has 0 heterocycles. The van der Waals surface area contributed by atoms with Crippen LogP contribution in [0, 0.1) is 0 Å². The topological polar surface area (TPSA) is 0 Å². The summed E-state index contributed by atoms with van der Waals surface area (Å²) < 4.78 is 38.6. The highest BCUT2D eigenvalue weighted by Crippen LogP contribution is 2.37. The zero-order valence-electron chi connectivity index (χ0n) is 9.34. The first-order valence-electron chi connectivity index (χ1n) is 5.34. The average Bonchev–Trinajstić information content (AvgIpc) is 2.37. The van der Waals surface area contributed by atoms with Gasteiger partial charge in [-0.15, -0.1) is 11.6 Å². The number of alkyl halides is 4. The molecule has 0 nitrogen and oxygen atoms in total. The van der Waals surface area contributed by atoms with Crippen molar-refractivity contribution in [2.45, 2.75) is 12.1 Å². The molecule has 0 N–H and O–H groups in total. The van der Waals surface area contributed by atoms with Gasteiger partial charge in [0.05, 0.1) is 5.56 Å². The van der Waals surface area contributed by atoms with Crippen LogP contribution < -0.4 is 0 Å². The summed E-state index contributed by atoms with van der Waals surface area (Å²) in [5, 5.41) is 0. The monoisotopic (exact) mass is 270 g/mol. The highest BCUT2D eigenvalue weighted by molar-refractivity contribution is 6.17. The van der Waals surface area contributed by atoms with Gasteiger partial charge in [-0.2, -0.15) is 13.2 Å². The van der Waals surface area contributed by atoms with Crippen LogP contribution in [0.25, 0.3) is 11.1 Å². The minimum atomic E-state index is -4.38. The third-order valence-corrected chi connectivity index (χ3v) is 2.97. The van der Waals surface area contributed by atoms with Crippen molar-refractivity contribution in [2.75, 3.05) is 0 Å². The maximum absolute atomic E-state index is 12.9. The first-order valence-corrected chi connectivity index (χ1v) is 5.88. The van der Waals surface area contributed by atoms with E-state index in [0.717, 1.165) is 11.6 Å². The Hall–Kier alpha value is -1.48. The van der Waals surface area contributed by atoms with Gasteiger partial charge in [0.2, 0.25) is 0 Å². The highest BCUT2D eigenvalue weighted by Gasteiger charge is 2.33. The summed E-state index contributed by atoms with van der Waals surface area (Å²) in [5.41, 5.74) is 0.719. The van der Waals surface area contributed by atoms with Crippen LogP contribution in [0.1, 0.15) is 11.1 Å². The van der Waals surface area contributed by atoms with E-state index in [2.05, 4.69) is 0 Å². The fourth-order valence-corrected chi connectivity index (χ4v) is 2.17. The molecule has 0 saturated carbocycles. The molecule has 2 aromatic carbocycles. The molecule has 0 unspecified atom stereocenters. The third kappa shape index (κ3) is 2.51. The van der Waals surface area contributed by atoms with Gasteiger partial charge in [-0.05, 0) is 22.8 Å². The number of hydrogen-bond donors (Lipinski definition) is 0. The largest absolute Gasteiger partial charge is 0.416 e. The number of rotatable bonds is 2. The van der Waals surface area contributed by atoms with Crippen LogP contribution in [-0.2, 0) is 12.1 Å². The summed E-state index contributed by atoms with van der Waals surface area (Å²) in [7, 11) is 0. The van der Waals surface area contributed by atoms with Crippen molar-refractivity contribution in [2.24, 2.45) is 0 Å². The van der Waals surface area contributed by atoms with E-state index in [1.54, 1.807) is 30.3 Å². The summed E-state index contributed by atoms with van der Waals surface area (Å²) in [6.45, 7) is 0. The summed E-state index contributed by atoms with van der Waals surface area (Å²) in [6.07, 6.45) is -4.38. The van der Waals surface area contributed by atoms with Crippen LogP contribution in [0.15, 0.2) is 48.5 Å². The van der Waals surface area contributed by atoms with Crippen molar-refractivity contribution in [1.29, 1.82) is 0 Å². The van der Waals surface area contributed by atoms with Crippen LogP contribution in [0.5, 0.6) is 0 Å². The Balaban J connectivity index is 2.63. The number of benzene rings is 2. The molecule has 0 saturated heterocycles. The quantitative estimate of drug-likeness (QED) is 0.665. The molecule has 0 amide bonds. The van der Waals surface area contributed by atoms with Gasteiger partial charge in [0.25, 0.3) is 0 Å². The normalized spacial score (nSPS) is 11.6. The summed E-state index contributed by atoms with van der Waals surface area (Å²) >= 11 is 5.69. The van der Waals surface area contributed by atoms with E-state index in [9.17, 15) is 13.2 Å². The molecule has 0 atom stereocenters. The SMILES string of the molecule is FC(F)(F)c1cccc(-c2ccccc2)c1CCl. The molecule has 2 rings (SSSR count). The van der Waals surface area contributed by atoms with Crippen LogP contribution >= 0.6 is 11.6 Å². The fraction of sp³-hybridized carbons (Fsp3) is 0.143. The van der Waals surface area contributed by atoms with Gasteiger partial charge in [0.1, 0.15) is 0 Å². The van der Waals surface area contributed by atoms with E-state index in [1.807, 2.05) is 6.07 Å². The molecule has 18 heavy (non-hydrogen) atoms. The number of hydrogen-bond acceptors (Lipinski definition) is 0. The Bertz CT molecular complexity index is 532. The van der Waals surface area contributed by atoms with E-state index < -0.39 is 11.7 Å². The molecule has 4 heteroatoms. The van der Waals surface area contributed by atoms with Gasteiger partial charge in [-0.1, -0.05) is 42.5 Å². The van der Waals surface area contributed by atoms with Crippen LogP contribution in [0.4, 0.5) is 13.2 Å². The van der Waals surface area contributed by atoms with E-state index in [1.165, 1.54) is 6.07 Å². The molecular weight excluding hydrogens is 261 g/mol. The first kappa shape index (κ1) is 13.0. The number of halogens is 4. The van der Waals surface area contributed by atoms with Crippen molar-refractivity contribution in [3.05, 3.63) is 59.7 Å². The Kier molecular flexibility index (Phi) is 3.62. The predicted molar refractivity (Wildman–Crippen MR) is 66.4 cm³/mol. The molecule has 0 fully saturated rings. The van der Waals surface area contributed by atoms with Crippen molar-refractivity contribution in [3.8, 4) is 11.1 Å². The van der Waals surface area contributed by atoms with Gasteiger partial charge < -0.3 is 0 Å². The maximum Gasteiger partial charge on any atom is 0.416 e. The smallest absolute Gasteiger partial charge is 0.166 e. The van der Waals surface area contributed by atoms with Crippen LogP contribution in [0.2, 0.25) is 0 Å². The molecule has 0 bridgehead atoms. The molecular formula is C14H10ClF3. The lowest BCUT2D eigenvalue weighted by Gasteiger charge is -2.15. The van der Waals surface area contributed by atoms with E-state index >= 15 is 0 Å². The standard InChI is InChI=1S/C14H10ClF3/c15-9-12-11(10-5-2-1-3-6-10)7-4-8-13(12)14(16,17)18/h1-8H,9H2. The van der Waals surface area contributed by atoms with Gasteiger partial charge in [0.15, 0.2) is 0 Å². The van der Waals surface area contributed by atoms with Crippen LogP contribution in [-0.4, -0.2) is 0 Å². The van der Waals surface area contributed by atoms with E-state index in [4.69, 9.17) is 11.6 Å². The molecule has 0 aliphatic carbocycles.